The lowest BCUT2D eigenvalue weighted by atomic mass is 10.2. The first-order valence-electron chi connectivity index (χ1n) is 8.71. The van der Waals surface area contributed by atoms with Gasteiger partial charge in [0.05, 0.1) is 13.7 Å². The Hall–Kier alpha value is -4.01. The molecular weight excluding hydrogens is 378 g/mol. The number of carbonyl (C=O) groups is 1. The maximum Gasteiger partial charge on any atom is 0.328 e. The first kappa shape index (κ1) is 18.4. The van der Waals surface area contributed by atoms with Crippen molar-refractivity contribution in [2.24, 2.45) is 0 Å². The second kappa shape index (κ2) is 7.55. The fourth-order valence-corrected chi connectivity index (χ4v) is 2.91. The number of nitrogens with zero attached hydrogens (tertiary/aromatic N) is 1. The molecule has 0 radical (unpaired) electrons. The van der Waals surface area contributed by atoms with E-state index in [-0.39, 0.29) is 18.9 Å². The van der Waals surface area contributed by atoms with Crippen LogP contribution in [0.2, 0.25) is 0 Å². The highest BCUT2D eigenvalue weighted by atomic mass is 16.7. The van der Waals surface area contributed by atoms with Gasteiger partial charge in [0.15, 0.2) is 11.5 Å². The summed E-state index contributed by atoms with van der Waals surface area (Å²) in [5, 5.41) is 2.63. The average molecular weight is 395 g/mol. The molecule has 3 aromatic rings. The molecule has 1 aromatic heterocycles. The van der Waals surface area contributed by atoms with Crippen LogP contribution in [-0.4, -0.2) is 29.4 Å². The SMILES string of the molecule is COc1ccc(NC(=O)c2c[nH]c(=O)n(Cc3ccc4c(c3)OCO4)c2=O)cc1. The van der Waals surface area contributed by atoms with Crippen molar-refractivity contribution < 1.29 is 19.0 Å². The number of fused-ring (bicyclic) bond motifs is 1. The van der Waals surface area contributed by atoms with Crippen LogP contribution in [-0.2, 0) is 6.54 Å². The number of ether oxygens (including phenoxy) is 3. The van der Waals surface area contributed by atoms with Crippen LogP contribution in [0.1, 0.15) is 15.9 Å². The quantitative estimate of drug-likeness (QED) is 0.678. The predicted molar refractivity (Wildman–Crippen MR) is 104 cm³/mol. The van der Waals surface area contributed by atoms with Crippen molar-refractivity contribution in [2.45, 2.75) is 6.54 Å². The number of aromatic nitrogens is 2. The van der Waals surface area contributed by atoms with Crippen molar-refractivity contribution >= 4 is 11.6 Å². The van der Waals surface area contributed by atoms with Crippen LogP contribution in [0, 0.1) is 0 Å². The molecule has 0 saturated carbocycles. The van der Waals surface area contributed by atoms with Gasteiger partial charge in [0.2, 0.25) is 6.79 Å². The van der Waals surface area contributed by atoms with E-state index in [9.17, 15) is 14.4 Å². The number of H-pyrrole nitrogens is 1. The number of hydrogen-bond acceptors (Lipinski definition) is 6. The minimum Gasteiger partial charge on any atom is -0.497 e. The molecule has 9 nitrogen and oxygen atoms in total. The Morgan fingerprint density at radius 1 is 1.14 bits per heavy atom. The zero-order chi connectivity index (χ0) is 20.4. The molecule has 0 unspecified atom stereocenters. The molecule has 0 spiro atoms. The van der Waals surface area contributed by atoms with E-state index in [2.05, 4.69) is 10.3 Å². The van der Waals surface area contributed by atoms with E-state index in [1.165, 1.54) is 7.11 Å². The summed E-state index contributed by atoms with van der Waals surface area (Å²) in [6, 6.07) is 11.8. The van der Waals surface area contributed by atoms with Crippen molar-refractivity contribution in [1.29, 1.82) is 0 Å². The number of rotatable bonds is 5. The largest absolute Gasteiger partial charge is 0.497 e. The van der Waals surface area contributed by atoms with E-state index < -0.39 is 17.2 Å². The summed E-state index contributed by atoms with van der Waals surface area (Å²) in [6.45, 7) is 0.106. The van der Waals surface area contributed by atoms with Crippen LogP contribution in [0.25, 0.3) is 0 Å². The highest BCUT2D eigenvalue weighted by Crippen LogP contribution is 2.32. The Kier molecular flexibility index (Phi) is 4.78. The zero-order valence-electron chi connectivity index (χ0n) is 15.4. The highest BCUT2D eigenvalue weighted by Gasteiger charge is 2.17. The van der Waals surface area contributed by atoms with E-state index in [0.717, 1.165) is 10.8 Å². The number of amides is 1. The Morgan fingerprint density at radius 2 is 1.90 bits per heavy atom. The lowest BCUT2D eigenvalue weighted by Gasteiger charge is -2.09. The van der Waals surface area contributed by atoms with Gasteiger partial charge in [-0.25, -0.2) is 4.79 Å². The Balaban J connectivity index is 1.59. The standard InChI is InChI=1S/C20H17N3O6/c1-27-14-5-3-13(4-6-14)22-18(24)15-9-21-20(26)23(19(15)25)10-12-2-7-16-17(8-12)29-11-28-16/h2-9H,10-11H2,1H3,(H,21,26)(H,22,24). The van der Waals surface area contributed by atoms with Gasteiger partial charge in [-0.1, -0.05) is 6.07 Å². The van der Waals surface area contributed by atoms with Crippen LogP contribution in [0.15, 0.2) is 58.3 Å². The van der Waals surface area contributed by atoms with E-state index in [1.807, 2.05) is 0 Å². The molecule has 29 heavy (non-hydrogen) atoms. The second-order valence-corrected chi connectivity index (χ2v) is 6.27. The smallest absolute Gasteiger partial charge is 0.328 e. The zero-order valence-corrected chi connectivity index (χ0v) is 15.4. The lowest BCUT2D eigenvalue weighted by molar-refractivity contribution is 0.102. The molecule has 2 heterocycles. The Morgan fingerprint density at radius 3 is 2.66 bits per heavy atom. The fraction of sp³-hybridized carbons (Fsp3) is 0.150. The van der Waals surface area contributed by atoms with Crippen molar-refractivity contribution in [3.8, 4) is 17.2 Å². The molecule has 0 fully saturated rings. The molecule has 0 saturated heterocycles. The van der Waals surface area contributed by atoms with Gasteiger partial charge >= 0.3 is 5.69 Å². The average Bonchev–Trinajstić information content (AvgIpc) is 3.19. The van der Waals surface area contributed by atoms with Crippen LogP contribution in [0.5, 0.6) is 17.2 Å². The van der Waals surface area contributed by atoms with Crippen molar-refractivity contribution in [3.05, 3.63) is 80.6 Å². The third-order valence-corrected chi connectivity index (χ3v) is 4.43. The maximum absolute atomic E-state index is 12.8. The van der Waals surface area contributed by atoms with Crippen LogP contribution >= 0.6 is 0 Å². The molecule has 148 valence electrons. The van der Waals surface area contributed by atoms with E-state index in [0.29, 0.717) is 28.5 Å². The predicted octanol–water partition coefficient (Wildman–Crippen LogP) is 1.57. The summed E-state index contributed by atoms with van der Waals surface area (Å²) in [5.41, 5.74) is -0.342. The number of methoxy groups -OCH3 is 1. The van der Waals surface area contributed by atoms with Crippen molar-refractivity contribution in [3.63, 3.8) is 0 Å². The van der Waals surface area contributed by atoms with E-state index >= 15 is 0 Å². The normalized spacial score (nSPS) is 11.9. The number of benzene rings is 2. The summed E-state index contributed by atoms with van der Waals surface area (Å²) in [5.74, 6) is 1.15. The van der Waals surface area contributed by atoms with Crippen LogP contribution in [0.4, 0.5) is 5.69 Å². The molecule has 0 atom stereocenters. The first-order chi connectivity index (χ1) is 14.0. The number of nitrogens with one attached hydrogen (secondary N) is 2. The molecular formula is C20H17N3O6. The summed E-state index contributed by atoms with van der Waals surface area (Å²) >= 11 is 0. The van der Waals surface area contributed by atoms with Crippen LogP contribution < -0.4 is 30.8 Å². The molecule has 0 aliphatic carbocycles. The first-order valence-corrected chi connectivity index (χ1v) is 8.71. The number of anilines is 1. The van der Waals surface area contributed by atoms with Gasteiger partial charge in [-0.15, -0.1) is 0 Å². The maximum atomic E-state index is 12.8. The minimum atomic E-state index is -0.697. The monoisotopic (exact) mass is 395 g/mol. The molecule has 9 heteroatoms. The molecule has 2 aromatic carbocycles. The van der Waals surface area contributed by atoms with Gasteiger partial charge in [0.1, 0.15) is 11.3 Å². The van der Waals surface area contributed by atoms with Crippen LogP contribution in [0.3, 0.4) is 0 Å². The topological polar surface area (TPSA) is 112 Å². The summed E-state index contributed by atoms with van der Waals surface area (Å²) in [4.78, 5) is 39.9. The summed E-state index contributed by atoms with van der Waals surface area (Å²) in [6.07, 6.45) is 1.11. The molecule has 1 aliphatic rings. The molecule has 1 aliphatic heterocycles. The van der Waals surface area contributed by atoms with E-state index in [4.69, 9.17) is 14.2 Å². The third-order valence-electron chi connectivity index (χ3n) is 4.43. The van der Waals surface area contributed by atoms with Gasteiger partial charge in [-0.05, 0) is 42.0 Å². The lowest BCUT2D eigenvalue weighted by Crippen LogP contribution is -2.39. The highest BCUT2D eigenvalue weighted by molar-refractivity contribution is 6.03. The fourth-order valence-electron chi connectivity index (χ4n) is 2.91. The number of hydrogen-bond donors (Lipinski definition) is 2. The Labute approximate surface area is 164 Å². The van der Waals surface area contributed by atoms with Crippen molar-refractivity contribution in [2.75, 3.05) is 19.2 Å². The molecule has 0 bridgehead atoms. The number of carbonyl (C=O) groups excluding carboxylic acids is 1. The van der Waals surface area contributed by atoms with Gasteiger partial charge < -0.3 is 24.5 Å². The van der Waals surface area contributed by atoms with Gasteiger partial charge in [-0.3, -0.25) is 14.2 Å². The van der Waals surface area contributed by atoms with Crippen molar-refractivity contribution in [1.82, 2.24) is 9.55 Å². The third kappa shape index (κ3) is 3.70. The molecule has 1 amide bonds. The minimum absolute atomic E-state index is 0.0194. The molecule has 2 N–H and O–H groups in total. The van der Waals surface area contributed by atoms with E-state index in [1.54, 1.807) is 42.5 Å². The summed E-state index contributed by atoms with van der Waals surface area (Å²) in [7, 11) is 1.54. The van der Waals surface area contributed by atoms with Gasteiger partial charge in [-0.2, -0.15) is 0 Å². The molecule has 4 rings (SSSR count). The van der Waals surface area contributed by atoms with Gasteiger partial charge in [0, 0.05) is 11.9 Å². The Bertz CT molecular complexity index is 1180. The van der Waals surface area contributed by atoms with Gasteiger partial charge in [0.25, 0.3) is 11.5 Å². The second-order valence-electron chi connectivity index (χ2n) is 6.27. The number of aromatic amines is 1. The summed E-state index contributed by atoms with van der Waals surface area (Å²) < 4.78 is 16.6.